The lowest BCUT2D eigenvalue weighted by molar-refractivity contribution is -0.139. The molecule has 1 atom stereocenters. The van der Waals surface area contributed by atoms with Crippen LogP contribution in [0.5, 0.6) is 0 Å². The van der Waals surface area contributed by atoms with Gasteiger partial charge in [-0.2, -0.15) is 0 Å². The van der Waals surface area contributed by atoms with Crippen molar-refractivity contribution in [3.8, 4) is 0 Å². The summed E-state index contributed by atoms with van der Waals surface area (Å²) in [7, 11) is 0. The Morgan fingerprint density at radius 2 is 1.86 bits per heavy atom. The molecule has 0 radical (unpaired) electrons. The molecular formula is C28H29N3O3S. The van der Waals surface area contributed by atoms with Crippen LogP contribution in [0.1, 0.15) is 48.9 Å². The highest BCUT2D eigenvalue weighted by Gasteiger charge is 2.42. The van der Waals surface area contributed by atoms with Gasteiger partial charge in [-0.15, -0.1) is 0 Å². The summed E-state index contributed by atoms with van der Waals surface area (Å²) in [5.74, 6) is -0.267. The molecule has 1 unspecified atom stereocenters. The minimum atomic E-state index is -0.440. The van der Waals surface area contributed by atoms with Crippen molar-refractivity contribution in [3.05, 3.63) is 88.0 Å². The number of carbonyl (C=O) groups is 2. The number of hydrogen-bond acceptors (Lipinski definition) is 6. The van der Waals surface area contributed by atoms with Crippen LogP contribution >= 0.6 is 11.8 Å². The van der Waals surface area contributed by atoms with Gasteiger partial charge in [0.2, 0.25) is 5.91 Å². The summed E-state index contributed by atoms with van der Waals surface area (Å²) in [6.07, 6.45) is 2.39. The molecule has 0 aliphatic carbocycles. The van der Waals surface area contributed by atoms with Crippen molar-refractivity contribution >= 4 is 34.5 Å². The van der Waals surface area contributed by atoms with Gasteiger partial charge in [0.1, 0.15) is 0 Å². The van der Waals surface area contributed by atoms with E-state index in [4.69, 9.17) is 9.73 Å². The molecule has 3 aliphatic heterocycles. The van der Waals surface area contributed by atoms with E-state index in [1.165, 1.54) is 11.8 Å². The summed E-state index contributed by atoms with van der Waals surface area (Å²) >= 11 is 1.50. The van der Waals surface area contributed by atoms with Crippen LogP contribution in [0.15, 0.2) is 76.3 Å². The maximum Gasteiger partial charge on any atom is 0.338 e. The van der Waals surface area contributed by atoms with Gasteiger partial charge in [-0.3, -0.25) is 4.79 Å². The molecule has 6 nitrogen and oxygen atoms in total. The topological polar surface area (TPSA) is 62.2 Å². The number of likely N-dealkylation sites (tertiary alicyclic amines) is 1. The molecule has 0 aromatic heterocycles. The second-order valence-corrected chi connectivity index (χ2v) is 9.76. The van der Waals surface area contributed by atoms with Crippen LogP contribution in [0.25, 0.3) is 5.70 Å². The fourth-order valence-corrected chi connectivity index (χ4v) is 5.80. The van der Waals surface area contributed by atoms with Gasteiger partial charge in [-0.25, -0.2) is 9.79 Å². The predicted molar refractivity (Wildman–Crippen MR) is 139 cm³/mol. The summed E-state index contributed by atoms with van der Waals surface area (Å²) in [6, 6.07) is 17.5. The normalized spacial score (nSPS) is 19.4. The number of aryl methyl sites for hydroxylation is 1. The molecule has 1 saturated heterocycles. The first-order chi connectivity index (χ1) is 17.1. The Morgan fingerprint density at radius 3 is 2.57 bits per heavy atom. The van der Waals surface area contributed by atoms with E-state index in [1.54, 1.807) is 0 Å². The Labute approximate surface area is 210 Å². The summed E-state index contributed by atoms with van der Waals surface area (Å²) in [5.41, 5.74) is 4.91. The van der Waals surface area contributed by atoms with E-state index in [0.29, 0.717) is 11.3 Å². The van der Waals surface area contributed by atoms with Gasteiger partial charge >= 0.3 is 5.97 Å². The minimum Gasteiger partial charge on any atom is -0.463 e. The van der Waals surface area contributed by atoms with Crippen molar-refractivity contribution in [1.82, 2.24) is 9.80 Å². The smallest absolute Gasteiger partial charge is 0.338 e. The Morgan fingerprint density at radius 1 is 1.09 bits per heavy atom. The zero-order valence-corrected chi connectivity index (χ0v) is 20.9. The van der Waals surface area contributed by atoms with Crippen LogP contribution in [-0.2, 0) is 14.3 Å². The Kier molecular flexibility index (Phi) is 6.77. The first-order valence-electron chi connectivity index (χ1n) is 12.1. The van der Waals surface area contributed by atoms with E-state index in [2.05, 4.69) is 11.0 Å². The fourth-order valence-electron chi connectivity index (χ4n) is 4.88. The summed E-state index contributed by atoms with van der Waals surface area (Å²) in [5, 5.41) is 2.78. The van der Waals surface area contributed by atoms with Crippen molar-refractivity contribution in [2.75, 3.05) is 19.7 Å². The van der Waals surface area contributed by atoms with Gasteiger partial charge in [-0.1, -0.05) is 71.9 Å². The number of aliphatic imine (C=N–C) groups is 1. The molecule has 0 N–H and O–H groups in total. The highest BCUT2D eigenvalue weighted by atomic mass is 32.2. The van der Waals surface area contributed by atoms with Crippen LogP contribution in [-0.4, -0.2) is 46.5 Å². The van der Waals surface area contributed by atoms with Crippen molar-refractivity contribution < 1.29 is 14.3 Å². The molecule has 3 aliphatic rings. The molecule has 2 aromatic carbocycles. The first kappa shape index (κ1) is 23.4. The van der Waals surface area contributed by atoms with Gasteiger partial charge in [-0.05, 0) is 37.7 Å². The van der Waals surface area contributed by atoms with E-state index < -0.39 is 6.04 Å². The lowest BCUT2D eigenvalue weighted by Crippen LogP contribution is -2.38. The number of benzene rings is 2. The highest BCUT2D eigenvalue weighted by Crippen LogP contribution is 2.47. The van der Waals surface area contributed by atoms with Crippen molar-refractivity contribution in [2.24, 2.45) is 4.99 Å². The molecule has 1 amide bonds. The van der Waals surface area contributed by atoms with Crippen molar-refractivity contribution in [1.29, 1.82) is 0 Å². The minimum absolute atomic E-state index is 0.120. The molecule has 1 fully saturated rings. The third kappa shape index (κ3) is 4.65. The van der Waals surface area contributed by atoms with Gasteiger partial charge in [0.05, 0.1) is 30.3 Å². The molecule has 0 spiro atoms. The zero-order chi connectivity index (χ0) is 24.4. The second kappa shape index (κ2) is 10.1. The van der Waals surface area contributed by atoms with E-state index in [9.17, 15) is 9.59 Å². The number of esters is 1. The van der Waals surface area contributed by atoms with E-state index in [1.807, 2.05) is 72.7 Å². The van der Waals surface area contributed by atoms with Crippen LogP contribution in [0, 0.1) is 6.92 Å². The predicted octanol–water partition coefficient (Wildman–Crippen LogP) is 5.28. The van der Waals surface area contributed by atoms with Crippen molar-refractivity contribution in [2.45, 2.75) is 39.2 Å². The Bertz CT molecular complexity index is 1230. The number of ether oxygens (including phenoxy) is 1. The quantitative estimate of drug-likeness (QED) is 0.519. The van der Waals surface area contributed by atoms with E-state index in [-0.39, 0.29) is 24.9 Å². The molecule has 35 heavy (non-hydrogen) atoms. The van der Waals surface area contributed by atoms with Gasteiger partial charge in [0, 0.05) is 24.4 Å². The molecule has 2 aromatic rings. The first-order valence-corrected chi connectivity index (χ1v) is 13.0. The SMILES string of the molecule is CCOC(=O)C1=C(c2ccccc2)N=C2SC=C(CC(=O)N3CCCC3)N2C1c1cccc(C)c1. The molecule has 3 heterocycles. The van der Waals surface area contributed by atoms with Gasteiger partial charge in [0.15, 0.2) is 5.17 Å². The molecule has 180 valence electrons. The third-order valence-corrected chi connectivity index (χ3v) is 7.39. The summed E-state index contributed by atoms with van der Waals surface area (Å²) in [6.45, 7) is 5.75. The van der Waals surface area contributed by atoms with Gasteiger partial charge < -0.3 is 14.5 Å². The zero-order valence-electron chi connectivity index (χ0n) is 20.1. The summed E-state index contributed by atoms with van der Waals surface area (Å²) in [4.78, 5) is 35.5. The second-order valence-electron chi connectivity index (χ2n) is 8.92. The number of amides is 1. The Hall–Kier alpha value is -3.32. The number of nitrogens with zero attached hydrogens (tertiary/aromatic N) is 3. The number of carbonyl (C=O) groups excluding carboxylic acids is 2. The molecule has 5 rings (SSSR count). The molecule has 0 bridgehead atoms. The maximum atomic E-state index is 13.5. The molecular weight excluding hydrogens is 458 g/mol. The van der Waals surface area contributed by atoms with E-state index in [0.717, 1.165) is 53.5 Å². The van der Waals surface area contributed by atoms with Crippen molar-refractivity contribution in [3.63, 3.8) is 0 Å². The Balaban J connectivity index is 1.63. The van der Waals surface area contributed by atoms with E-state index >= 15 is 0 Å². The number of rotatable bonds is 6. The average Bonchev–Trinajstić information content (AvgIpc) is 3.54. The lowest BCUT2D eigenvalue weighted by atomic mass is 9.90. The maximum absolute atomic E-state index is 13.5. The van der Waals surface area contributed by atoms with Crippen LogP contribution in [0.4, 0.5) is 0 Å². The number of thioether (sulfide) groups is 1. The van der Waals surface area contributed by atoms with Crippen LogP contribution < -0.4 is 0 Å². The molecule has 0 saturated carbocycles. The van der Waals surface area contributed by atoms with Crippen LogP contribution in [0.2, 0.25) is 0 Å². The lowest BCUT2D eigenvalue weighted by Gasteiger charge is -2.37. The highest BCUT2D eigenvalue weighted by molar-refractivity contribution is 8.16. The number of amidine groups is 1. The average molecular weight is 488 g/mol. The monoisotopic (exact) mass is 487 g/mol. The largest absolute Gasteiger partial charge is 0.463 e. The summed E-state index contributed by atoms with van der Waals surface area (Å²) < 4.78 is 5.57. The fraction of sp³-hybridized carbons (Fsp3) is 0.321. The number of fused-ring (bicyclic) bond motifs is 1. The van der Waals surface area contributed by atoms with Gasteiger partial charge in [0.25, 0.3) is 0 Å². The molecule has 7 heteroatoms. The van der Waals surface area contributed by atoms with Crippen LogP contribution in [0.3, 0.4) is 0 Å². The third-order valence-electron chi connectivity index (χ3n) is 6.50. The standard InChI is InChI=1S/C28H29N3O3S/c1-3-34-27(33)24-25(20-11-5-4-6-12-20)29-28-31(26(24)21-13-9-10-19(2)16-21)22(18-35-28)17-23(32)30-14-7-8-15-30/h4-6,9-13,16,18,26H,3,7-8,14-15,17H2,1-2H3. The number of hydrogen-bond donors (Lipinski definition) is 0.